The number of methoxy groups -OCH3 is 1. The molecule has 5 rings (SSSR count). The van der Waals surface area contributed by atoms with Crippen LogP contribution in [0.15, 0.2) is 61.2 Å². The number of anilines is 2. The lowest BCUT2D eigenvalue weighted by molar-refractivity contribution is 0.398. The number of imidazole rings is 1. The lowest BCUT2D eigenvalue weighted by Crippen LogP contribution is -2.02. The van der Waals surface area contributed by atoms with Crippen molar-refractivity contribution >= 4 is 33.4 Å². The number of ether oxygens (including phenoxy) is 1. The molecule has 0 amide bonds. The van der Waals surface area contributed by atoms with Crippen molar-refractivity contribution in [3.8, 4) is 17.1 Å². The molecule has 0 fully saturated rings. The van der Waals surface area contributed by atoms with Crippen LogP contribution in [0.5, 0.6) is 5.88 Å². The molecule has 4 aromatic heterocycles. The largest absolute Gasteiger partial charge is 0.481 e. The zero-order chi connectivity index (χ0) is 25.1. The number of rotatable bonds is 8. The summed E-state index contributed by atoms with van der Waals surface area (Å²) >= 11 is 0. The van der Waals surface area contributed by atoms with Crippen molar-refractivity contribution in [1.82, 2.24) is 29.9 Å². The summed E-state index contributed by atoms with van der Waals surface area (Å²) < 4.78 is 27.2. The molecule has 36 heavy (non-hydrogen) atoms. The van der Waals surface area contributed by atoms with Gasteiger partial charge in [0.1, 0.15) is 33.6 Å². The highest BCUT2D eigenvalue weighted by atomic mass is 32.2. The van der Waals surface area contributed by atoms with Crippen molar-refractivity contribution in [2.75, 3.05) is 12.4 Å². The molecule has 0 aliphatic heterocycles. The number of aromatic nitrogens is 6. The maximum absolute atomic E-state index is 11.0. The fourth-order valence-corrected chi connectivity index (χ4v) is 4.39. The van der Waals surface area contributed by atoms with Crippen molar-refractivity contribution in [2.24, 2.45) is 0 Å². The first-order valence-electron chi connectivity index (χ1n) is 11.1. The number of aryl methyl sites for hydroxylation is 1. The number of aromatic amines is 1. The highest BCUT2D eigenvalue weighted by Crippen LogP contribution is 2.32. The minimum Gasteiger partial charge on any atom is -0.481 e. The SMILES string of the molecule is COc1ccc(Nc2ncc(Cc3ccc(C[SH](=O)=O)cc3)cc2-c2nc(C)nc3[nH]cnc23)cn1. The van der Waals surface area contributed by atoms with E-state index < -0.39 is 10.7 Å². The Balaban J connectivity index is 1.54. The summed E-state index contributed by atoms with van der Waals surface area (Å²) in [5.74, 6) is 1.76. The predicted octanol–water partition coefficient (Wildman–Crippen LogP) is 3.57. The molecule has 1 aromatic carbocycles. The average molecular weight is 502 g/mol. The molecule has 182 valence electrons. The van der Waals surface area contributed by atoms with Crippen LogP contribution in [-0.2, 0) is 22.9 Å². The molecule has 0 radical (unpaired) electrons. The van der Waals surface area contributed by atoms with Crippen LogP contribution >= 0.6 is 0 Å². The first-order valence-corrected chi connectivity index (χ1v) is 12.5. The van der Waals surface area contributed by atoms with E-state index in [1.807, 2.05) is 43.3 Å². The topological polar surface area (TPSA) is 136 Å². The van der Waals surface area contributed by atoms with Gasteiger partial charge in [0.05, 0.1) is 31.1 Å². The van der Waals surface area contributed by atoms with Crippen molar-refractivity contribution in [2.45, 2.75) is 19.1 Å². The van der Waals surface area contributed by atoms with E-state index >= 15 is 0 Å². The third kappa shape index (κ3) is 5.15. The first-order chi connectivity index (χ1) is 17.5. The van der Waals surface area contributed by atoms with Crippen molar-refractivity contribution in [3.05, 3.63) is 83.7 Å². The number of hydrogen-bond donors (Lipinski definition) is 3. The summed E-state index contributed by atoms with van der Waals surface area (Å²) in [5, 5.41) is 3.33. The minimum absolute atomic E-state index is 0.0363. The van der Waals surface area contributed by atoms with E-state index in [4.69, 9.17) is 14.7 Å². The molecule has 5 aromatic rings. The normalized spacial score (nSPS) is 11.2. The molecule has 0 saturated carbocycles. The smallest absolute Gasteiger partial charge is 0.213 e. The average Bonchev–Trinajstić information content (AvgIpc) is 3.34. The molecule has 10 nitrogen and oxygen atoms in total. The van der Waals surface area contributed by atoms with Gasteiger partial charge in [0.15, 0.2) is 5.65 Å². The van der Waals surface area contributed by atoms with Gasteiger partial charge in [0.2, 0.25) is 5.88 Å². The summed E-state index contributed by atoms with van der Waals surface area (Å²) in [5.41, 5.74) is 6.23. The third-order valence-corrected chi connectivity index (χ3v) is 6.16. The molecule has 0 unspecified atom stereocenters. The Labute approximate surface area is 208 Å². The van der Waals surface area contributed by atoms with Gasteiger partial charge in [0.25, 0.3) is 0 Å². The van der Waals surface area contributed by atoms with Gasteiger partial charge in [-0.05, 0) is 42.2 Å². The van der Waals surface area contributed by atoms with Crippen LogP contribution in [0.25, 0.3) is 22.4 Å². The number of nitrogens with one attached hydrogen (secondary N) is 2. The van der Waals surface area contributed by atoms with E-state index in [9.17, 15) is 8.42 Å². The summed E-state index contributed by atoms with van der Waals surface area (Å²) in [6.07, 6.45) is 5.69. The van der Waals surface area contributed by atoms with Gasteiger partial charge in [-0.3, -0.25) is 0 Å². The zero-order valence-electron chi connectivity index (χ0n) is 19.6. The van der Waals surface area contributed by atoms with Gasteiger partial charge in [-0.15, -0.1) is 0 Å². The standard InChI is InChI=1S/C25H23N7O3S/c1-15-30-22(23-25(31-15)29-14-28-23)20-10-18(9-16-3-5-17(6-4-16)13-36(33)34)11-27-24(20)32-19-7-8-21(35-2)26-12-19/h3-8,10-12,14,36H,9,13H2,1-2H3,(H,27,32)(H,28,29,30,31). The summed E-state index contributed by atoms with van der Waals surface area (Å²) in [4.78, 5) is 25.6. The van der Waals surface area contributed by atoms with E-state index in [1.165, 1.54) is 0 Å². The maximum atomic E-state index is 11.0. The quantitative estimate of drug-likeness (QED) is 0.273. The lowest BCUT2D eigenvalue weighted by atomic mass is 10.0. The number of H-pyrrole nitrogens is 1. The van der Waals surface area contributed by atoms with Crippen LogP contribution in [0.4, 0.5) is 11.5 Å². The van der Waals surface area contributed by atoms with Gasteiger partial charge in [0, 0.05) is 17.8 Å². The molecule has 2 N–H and O–H groups in total. The Morgan fingerprint density at radius 1 is 0.944 bits per heavy atom. The number of pyridine rings is 2. The molecule has 0 atom stereocenters. The second-order valence-electron chi connectivity index (χ2n) is 8.16. The van der Waals surface area contributed by atoms with Gasteiger partial charge in [-0.2, -0.15) is 0 Å². The van der Waals surface area contributed by atoms with Gasteiger partial charge in [-0.1, -0.05) is 24.3 Å². The number of nitrogens with zero attached hydrogens (tertiary/aromatic N) is 5. The van der Waals surface area contributed by atoms with Crippen LogP contribution in [0.2, 0.25) is 0 Å². The molecule has 4 heterocycles. The molecule has 0 aliphatic rings. The fourth-order valence-electron chi connectivity index (χ4n) is 3.88. The van der Waals surface area contributed by atoms with Crippen LogP contribution < -0.4 is 10.1 Å². The highest BCUT2D eigenvalue weighted by molar-refractivity contribution is 7.71. The maximum Gasteiger partial charge on any atom is 0.213 e. The van der Waals surface area contributed by atoms with Gasteiger partial charge in [-0.25, -0.2) is 33.3 Å². The molecule has 0 aliphatic carbocycles. The number of hydrogen-bond acceptors (Lipinski definition) is 9. The minimum atomic E-state index is -2.45. The molecule has 0 spiro atoms. The first kappa shape index (κ1) is 23.4. The molecule has 11 heteroatoms. The lowest BCUT2D eigenvalue weighted by Gasteiger charge is -2.14. The summed E-state index contributed by atoms with van der Waals surface area (Å²) in [7, 11) is -0.886. The van der Waals surface area contributed by atoms with Crippen molar-refractivity contribution < 1.29 is 13.2 Å². The molecule has 0 bridgehead atoms. The Kier molecular flexibility index (Phi) is 6.54. The monoisotopic (exact) mass is 501 g/mol. The van der Waals surface area contributed by atoms with E-state index in [-0.39, 0.29) is 5.75 Å². The predicted molar refractivity (Wildman–Crippen MR) is 137 cm³/mol. The van der Waals surface area contributed by atoms with Crippen LogP contribution in [-0.4, -0.2) is 45.4 Å². The van der Waals surface area contributed by atoms with Gasteiger partial charge >= 0.3 is 0 Å². The number of benzene rings is 1. The zero-order valence-corrected chi connectivity index (χ0v) is 20.5. The number of fused-ring (bicyclic) bond motifs is 1. The fraction of sp³-hybridized carbons (Fsp3) is 0.160. The van der Waals surface area contributed by atoms with E-state index in [1.54, 1.807) is 31.9 Å². The number of thiol groups is 1. The van der Waals surface area contributed by atoms with E-state index in [2.05, 4.69) is 25.3 Å². The summed E-state index contributed by atoms with van der Waals surface area (Å²) in [6.45, 7) is 1.83. The van der Waals surface area contributed by atoms with Gasteiger partial charge < -0.3 is 15.0 Å². The van der Waals surface area contributed by atoms with Crippen molar-refractivity contribution in [3.63, 3.8) is 0 Å². The second-order valence-corrected chi connectivity index (χ2v) is 9.14. The van der Waals surface area contributed by atoms with Crippen LogP contribution in [0, 0.1) is 6.92 Å². The summed E-state index contributed by atoms with van der Waals surface area (Å²) in [6, 6.07) is 13.2. The van der Waals surface area contributed by atoms with E-state index in [0.717, 1.165) is 27.9 Å². The van der Waals surface area contributed by atoms with Crippen LogP contribution in [0.1, 0.15) is 22.5 Å². The molecule has 0 saturated heterocycles. The van der Waals surface area contributed by atoms with Crippen molar-refractivity contribution in [1.29, 1.82) is 0 Å². The second kappa shape index (κ2) is 10.1. The van der Waals surface area contributed by atoms with E-state index in [0.29, 0.717) is 40.8 Å². The highest BCUT2D eigenvalue weighted by Gasteiger charge is 2.17. The molecular weight excluding hydrogens is 478 g/mol. The Morgan fingerprint density at radius 3 is 2.47 bits per heavy atom. The Morgan fingerprint density at radius 2 is 1.75 bits per heavy atom. The Bertz CT molecular complexity index is 1590. The Hall–Kier alpha value is -4.38. The third-order valence-electron chi connectivity index (χ3n) is 5.54. The van der Waals surface area contributed by atoms with Crippen LogP contribution in [0.3, 0.4) is 0 Å². The molecular formula is C25H23N7O3S.